The third-order valence-electron chi connectivity index (χ3n) is 4.23. The minimum absolute atomic E-state index is 0.184. The number of ether oxygens (including phenoxy) is 2. The zero-order valence-corrected chi connectivity index (χ0v) is 14.2. The van der Waals surface area contributed by atoms with Crippen molar-refractivity contribution >= 4 is 29.0 Å². The minimum atomic E-state index is -0.910. The van der Waals surface area contributed by atoms with Crippen LogP contribution < -0.4 is 4.90 Å². The van der Waals surface area contributed by atoms with Gasteiger partial charge in [-0.25, -0.2) is 4.79 Å². The standard InChI is InChI=1S/C15H17N3O8/c1-25-14(19)9-3-5-16(6-4-9)13-11(17(21)22)7-10(15(20)26-2)8-12(13)18(23)24/h7-9H,3-6H2,1-2H3. The minimum Gasteiger partial charge on any atom is -0.469 e. The summed E-state index contributed by atoms with van der Waals surface area (Å²) < 4.78 is 9.18. The van der Waals surface area contributed by atoms with Crippen LogP contribution in [0.1, 0.15) is 23.2 Å². The first kappa shape index (κ1) is 19.1. The van der Waals surface area contributed by atoms with Crippen LogP contribution in [0, 0.1) is 26.1 Å². The van der Waals surface area contributed by atoms with Gasteiger partial charge >= 0.3 is 23.3 Å². The molecular formula is C15H17N3O8. The summed E-state index contributed by atoms with van der Waals surface area (Å²) in [5.41, 5.74) is -1.58. The van der Waals surface area contributed by atoms with Gasteiger partial charge in [-0.15, -0.1) is 0 Å². The van der Waals surface area contributed by atoms with Crippen LogP contribution in [0.15, 0.2) is 12.1 Å². The number of methoxy groups -OCH3 is 2. The summed E-state index contributed by atoms with van der Waals surface area (Å²) in [6.07, 6.45) is 0.694. The molecule has 1 aromatic carbocycles. The molecule has 0 radical (unpaired) electrons. The smallest absolute Gasteiger partial charge is 0.338 e. The van der Waals surface area contributed by atoms with E-state index in [9.17, 15) is 29.8 Å². The van der Waals surface area contributed by atoms with Crippen molar-refractivity contribution in [1.29, 1.82) is 0 Å². The van der Waals surface area contributed by atoms with Gasteiger partial charge in [0.25, 0.3) is 0 Å². The molecule has 0 amide bonds. The largest absolute Gasteiger partial charge is 0.469 e. The summed E-state index contributed by atoms with van der Waals surface area (Å²) >= 11 is 0. The van der Waals surface area contributed by atoms with Crippen LogP contribution in [0.5, 0.6) is 0 Å². The molecule has 1 heterocycles. The number of nitro groups is 2. The molecule has 0 N–H and O–H groups in total. The van der Waals surface area contributed by atoms with Crippen LogP contribution in [-0.4, -0.2) is 49.1 Å². The molecule has 0 unspecified atom stereocenters. The van der Waals surface area contributed by atoms with Crippen molar-refractivity contribution in [3.05, 3.63) is 37.9 Å². The number of nitro benzene ring substituents is 2. The highest BCUT2D eigenvalue weighted by atomic mass is 16.6. The number of rotatable bonds is 5. The van der Waals surface area contributed by atoms with Gasteiger partial charge in [-0.2, -0.15) is 0 Å². The fourth-order valence-electron chi connectivity index (χ4n) is 2.95. The molecule has 0 aromatic heterocycles. The molecule has 0 saturated carbocycles. The fraction of sp³-hybridized carbons (Fsp3) is 0.467. The van der Waals surface area contributed by atoms with Crippen LogP contribution >= 0.6 is 0 Å². The number of benzene rings is 1. The number of esters is 2. The van der Waals surface area contributed by atoms with Crippen LogP contribution in [0.4, 0.5) is 17.1 Å². The van der Waals surface area contributed by atoms with E-state index in [2.05, 4.69) is 9.47 Å². The van der Waals surface area contributed by atoms with Gasteiger partial charge in [-0.1, -0.05) is 0 Å². The summed E-state index contributed by atoms with van der Waals surface area (Å²) in [5, 5.41) is 22.9. The van der Waals surface area contributed by atoms with Crippen molar-refractivity contribution in [2.24, 2.45) is 5.92 Å². The van der Waals surface area contributed by atoms with E-state index < -0.39 is 27.2 Å². The average Bonchev–Trinajstić information content (AvgIpc) is 2.65. The lowest BCUT2D eigenvalue weighted by Crippen LogP contribution is -2.37. The number of carbonyl (C=O) groups is 2. The first-order valence-electron chi connectivity index (χ1n) is 7.68. The lowest BCUT2D eigenvalue weighted by atomic mass is 9.96. The van der Waals surface area contributed by atoms with Crippen LogP contribution in [0.25, 0.3) is 0 Å². The van der Waals surface area contributed by atoms with Gasteiger partial charge in [0, 0.05) is 25.2 Å². The number of carbonyl (C=O) groups excluding carboxylic acids is 2. The fourth-order valence-corrected chi connectivity index (χ4v) is 2.95. The third kappa shape index (κ3) is 3.71. The Morgan fingerprint density at radius 1 is 1.04 bits per heavy atom. The Bertz CT molecular complexity index is 720. The number of nitrogens with zero attached hydrogens (tertiary/aromatic N) is 3. The number of anilines is 1. The molecule has 0 aliphatic carbocycles. The van der Waals surface area contributed by atoms with Gasteiger partial charge in [0.05, 0.1) is 35.5 Å². The van der Waals surface area contributed by atoms with E-state index in [4.69, 9.17) is 0 Å². The van der Waals surface area contributed by atoms with E-state index in [1.807, 2.05) is 0 Å². The van der Waals surface area contributed by atoms with Gasteiger partial charge < -0.3 is 14.4 Å². The number of hydrogen-bond donors (Lipinski definition) is 0. The van der Waals surface area contributed by atoms with Crippen LogP contribution in [0.3, 0.4) is 0 Å². The normalized spacial score (nSPS) is 14.6. The predicted molar refractivity (Wildman–Crippen MR) is 88.0 cm³/mol. The van der Waals surface area contributed by atoms with E-state index in [-0.39, 0.29) is 36.2 Å². The Morgan fingerprint density at radius 3 is 1.92 bits per heavy atom. The molecule has 11 heteroatoms. The quantitative estimate of drug-likeness (QED) is 0.431. The van der Waals surface area contributed by atoms with Crippen LogP contribution in [-0.2, 0) is 14.3 Å². The Hall–Kier alpha value is -3.24. The van der Waals surface area contributed by atoms with Crippen molar-refractivity contribution < 1.29 is 28.9 Å². The van der Waals surface area contributed by atoms with Crippen molar-refractivity contribution in [2.45, 2.75) is 12.8 Å². The molecule has 1 aliphatic heterocycles. The Balaban J connectivity index is 2.47. The topological polar surface area (TPSA) is 142 Å². The second kappa shape index (κ2) is 7.76. The second-order valence-corrected chi connectivity index (χ2v) is 5.65. The highest BCUT2D eigenvalue weighted by Gasteiger charge is 2.35. The van der Waals surface area contributed by atoms with E-state index in [0.717, 1.165) is 19.2 Å². The Morgan fingerprint density at radius 2 is 1.54 bits per heavy atom. The molecule has 2 rings (SSSR count). The monoisotopic (exact) mass is 367 g/mol. The maximum absolute atomic E-state index is 11.7. The first-order chi connectivity index (χ1) is 12.3. The summed E-state index contributed by atoms with van der Waals surface area (Å²) in [7, 11) is 2.35. The summed E-state index contributed by atoms with van der Waals surface area (Å²) in [4.78, 5) is 46.1. The number of piperidine rings is 1. The lowest BCUT2D eigenvalue weighted by molar-refractivity contribution is -0.392. The molecule has 140 valence electrons. The second-order valence-electron chi connectivity index (χ2n) is 5.65. The Kier molecular flexibility index (Phi) is 5.70. The summed E-state index contributed by atoms with van der Waals surface area (Å²) in [6, 6.07) is 1.92. The number of hydrogen-bond acceptors (Lipinski definition) is 9. The van der Waals surface area contributed by atoms with E-state index in [0.29, 0.717) is 12.8 Å². The van der Waals surface area contributed by atoms with Gasteiger partial charge in [-0.05, 0) is 12.8 Å². The molecule has 0 atom stereocenters. The maximum Gasteiger partial charge on any atom is 0.338 e. The molecular weight excluding hydrogens is 350 g/mol. The van der Waals surface area contributed by atoms with Gasteiger partial charge in [-0.3, -0.25) is 25.0 Å². The highest BCUT2D eigenvalue weighted by molar-refractivity contribution is 5.94. The summed E-state index contributed by atoms with van der Waals surface area (Å²) in [6.45, 7) is 0.415. The highest BCUT2D eigenvalue weighted by Crippen LogP contribution is 2.40. The zero-order chi connectivity index (χ0) is 19.4. The maximum atomic E-state index is 11.7. The van der Waals surface area contributed by atoms with Crippen molar-refractivity contribution in [1.82, 2.24) is 0 Å². The average molecular weight is 367 g/mol. The molecule has 0 bridgehead atoms. The molecule has 1 fully saturated rings. The van der Waals surface area contributed by atoms with Gasteiger partial charge in [0.2, 0.25) is 0 Å². The van der Waals surface area contributed by atoms with Gasteiger partial charge in [0.15, 0.2) is 5.69 Å². The molecule has 1 aliphatic rings. The SMILES string of the molecule is COC(=O)c1cc([N+](=O)[O-])c(N2CCC(C(=O)OC)CC2)c([N+](=O)[O-])c1. The molecule has 0 spiro atoms. The third-order valence-corrected chi connectivity index (χ3v) is 4.23. The molecule has 1 saturated heterocycles. The molecule has 1 aromatic rings. The van der Waals surface area contributed by atoms with Crippen molar-refractivity contribution in [3.63, 3.8) is 0 Å². The molecule has 11 nitrogen and oxygen atoms in total. The van der Waals surface area contributed by atoms with E-state index in [1.54, 1.807) is 0 Å². The molecule has 26 heavy (non-hydrogen) atoms. The first-order valence-corrected chi connectivity index (χ1v) is 7.68. The van der Waals surface area contributed by atoms with Crippen molar-refractivity contribution in [2.75, 3.05) is 32.2 Å². The van der Waals surface area contributed by atoms with Crippen LogP contribution in [0.2, 0.25) is 0 Å². The predicted octanol–water partition coefficient (Wildman–Crippen LogP) is 1.68. The van der Waals surface area contributed by atoms with Gasteiger partial charge in [0.1, 0.15) is 0 Å². The summed E-state index contributed by atoms with van der Waals surface area (Å²) in [5.74, 6) is -1.65. The van der Waals surface area contributed by atoms with Crippen molar-refractivity contribution in [3.8, 4) is 0 Å². The zero-order valence-electron chi connectivity index (χ0n) is 14.2. The lowest BCUT2D eigenvalue weighted by Gasteiger charge is -2.31. The Labute approximate surface area is 147 Å². The van der Waals surface area contributed by atoms with E-state index >= 15 is 0 Å². The van der Waals surface area contributed by atoms with E-state index in [1.165, 1.54) is 12.0 Å².